The monoisotopic (exact) mass is 523 g/mol. The first kappa shape index (κ1) is 23.4. The maximum atomic E-state index is 13.3. The lowest BCUT2D eigenvalue weighted by Crippen LogP contribution is -2.29. The quantitative estimate of drug-likeness (QED) is 0.275. The van der Waals surface area contributed by atoms with Gasteiger partial charge >= 0.3 is 0 Å². The number of halogens is 3. The molecule has 0 atom stereocenters. The summed E-state index contributed by atoms with van der Waals surface area (Å²) in [6.45, 7) is 0.236. The molecule has 0 aliphatic heterocycles. The van der Waals surface area contributed by atoms with Gasteiger partial charge in [-0.05, 0) is 66.2 Å². The first-order valence-electron chi connectivity index (χ1n) is 9.60. The van der Waals surface area contributed by atoms with E-state index >= 15 is 0 Å². The smallest absolute Gasteiger partial charge is 0.290 e. The van der Waals surface area contributed by atoms with E-state index < -0.39 is 15.7 Å². The van der Waals surface area contributed by atoms with Crippen molar-refractivity contribution in [2.45, 2.75) is 23.1 Å². The highest BCUT2D eigenvalue weighted by Crippen LogP contribution is 2.27. The number of benzene rings is 2. The first-order chi connectivity index (χ1) is 15.7. The van der Waals surface area contributed by atoms with Gasteiger partial charge in [-0.3, -0.25) is 4.79 Å². The van der Waals surface area contributed by atoms with Crippen molar-refractivity contribution in [2.24, 2.45) is 0 Å². The number of carbonyl (C=O) groups is 1. The summed E-state index contributed by atoms with van der Waals surface area (Å²) in [5, 5.41) is 0.912. The van der Waals surface area contributed by atoms with Crippen LogP contribution in [0.3, 0.4) is 0 Å². The molecular weight excluding hydrogens is 509 g/mol. The van der Waals surface area contributed by atoms with Crippen LogP contribution in [0.25, 0.3) is 0 Å². The molecule has 0 saturated heterocycles. The molecular formula is C23H16Cl3NO5S. The van der Waals surface area contributed by atoms with Gasteiger partial charge in [0, 0.05) is 21.6 Å². The van der Waals surface area contributed by atoms with Crippen LogP contribution in [0.2, 0.25) is 15.1 Å². The molecule has 2 heterocycles. The summed E-state index contributed by atoms with van der Waals surface area (Å²) in [6.07, 6.45) is 1.50. The van der Waals surface area contributed by atoms with E-state index in [0.29, 0.717) is 26.4 Å². The lowest BCUT2D eigenvalue weighted by Gasteiger charge is -2.21. The van der Waals surface area contributed by atoms with Crippen molar-refractivity contribution in [3.05, 3.63) is 105 Å². The Labute approximate surface area is 205 Å². The van der Waals surface area contributed by atoms with Crippen molar-refractivity contribution < 1.29 is 22.0 Å². The predicted molar refractivity (Wildman–Crippen MR) is 124 cm³/mol. The van der Waals surface area contributed by atoms with Crippen molar-refractivity contribution in [1.82, 2.24) is 4.90 Å². The van der Waals surface area contributed by atoms with Crippen LogP contribution in [0, 0.1) is 0 Å². The molecule has 4 aromatic rings. The number of hydrogen-bond donors (Lipinski definition) is 0. The van der Waals surface area contributed by atoms with Gasteiger partial charge in [-0.25, -0.2) is 8.42 Å². The Balaban J connectivity index is 1.63. The molecule has 0 radical (unpaired) electrons. The van der Waals surface area contributed by atoms with E-state index in [0.717, 1.165) is 0 Å². The van der Waals surface area contributed by atoms with E-state index in [1.54, 1.807) is 30.3 Å². The number of furan rings is 2. The Kier molecular flexibility index (Phi) is 6.86. The Bertz CT molecular complexity index is 1380. The number of sulfone groups is 1. The number of hydrogen-bond acceptors (Lipinski definition) is 5. The van der Waals surface area contributed by atoms with Crippen LogP contribution in [-0.4, -0.2) is 19.2 Å². The third kappa shape index (κ3) is 5.28. The molecule has 2 aromatic heterocycles. The Morgan fingerprint density at radius 1 is 0.879 bits per heavy atom. The minimum Gasteiger partial charge on any atom is -0.467 e. The molecule has 0 aliphatic carbocycles. The molecule has 2 aromatic carbocycles. The van der Waals surface area contributed by atoms with Gasteiger partial charge in [-0.1, -0.05) is 40.9 Å². The number of amides is 1. The Morgan fingerprint density at radius 3 is 2.27 bits per heavy atom. The van der Waals surface area contributed by atoms with Crippen LogP contribution in [0.5, 0.6) is 0 Å². The van der Waals surface area contributed by atoms with Gasteiger partial charge in [0.05, 0.1) is 17.7 Å². The highest BCUT2D eigenvalue weighted by molar-refractivity contribution is 7.91. The standard InChI is InChI=1S/C23H16Cl3NO5S/c24-16-5-7-19(8-6-16)33(29,30)22-10-9-21(32-22)23(28)27(14-18-2-1-11-31-18)13-15-3-4-17(25)12-20(15)26/h1-12H,13-14H2. The van der Waals surface area contributed by atoms with Gasteiger partial charge in [0.25, 0.3) is 5.91 Å². The second kappa shape index (κ2) is 9.65. The summed E-state index contributed by atoms with van der Waals surface area (Å²) in [5.41, 5.74) is 0.654. The summed E-state index contributed by atoms with van der Waals surface area (Å²) in [4.78, 5) is 14.7. The highest BCUT2D eigenvalue weighted by Gasteiger charge is 2.26. The fourth-order valence-electron chi connectivity index (χ4n) is 3.11. The number of rotatable bonds is 7. The topological polar surface area (TPSA) is 80.7 Å². The van der Waals surface area contributed by atoms with E-state index in [1.807, 2.05) is 0 Å². The van der Waals surface area contributed by atoms with E-state index in [4.69, 9.17) is 43.6 Å². The van der Waals surface area contributed by atoms with Crippen molar-refractivity contribution in [3.63, 3.8) is 0 Å². The molecule has 0 aliphatic rings. The average Bonchev–Trinajstić information content (AvgIpc) is 3.47. The van der Waals surface area contributed by atoms with Crippen molar-refractivity contribution in [3.8, 4) is 0 Å². The average molecular weight is 525 g/mol. The zero-order valence-corrected chi connectivity index (χ0v) is 20.0. The van der Waals surface area contributed by atoms with Gasteiger partial charge in [0.1, 0.15) is 5.76 Å². The van der Waals surface area contributed by atoms with E-state index in [9.17, 15) is 13.2 Å². The molecule has 0 spiro atoms. The van der Waals surface area contributed by atoms with E-state index in [-0.39, 0.29) is 28.8 Å². The van der Waals surface area contributed by atoms with Crippen molar-refractivity contribution >= 4 is 50.5 Å². The lowest BCUT2D eigenvalue weighted by molar-refractivity contribution is 0.0679. The molecule has 1 amide bonds. The maximum absolute atomic E-state index is 13.3. The predicted octanol–water partition coefficient (Wildman–Crippen LogP) is 6.51. The van der Waals surface area contributed by atoms with E-state index in [2.05, 4.69) is 0 Å². The number of carbonyl (C=O) groups excluding carboxylic acids is 1. The first-order valence-corrected chi connectivity index (χ1v) is 12.2. The molecule has 6 nitrogen and oxygen atoms in total. The van der Waals surface area contributed by atoms with Crippen LogP contribution in [0.4, 0.5) is 0 Å². The number of nitrogens with zero attached hydrogens (tertiary/aromatic N) is 1. The van der Waals surface area contributed by atoms with E-state index in [1.165, 1.54) is 47.6 Å². The molecule has 0 fully saturated rings. The van der Waals surface area contributed by atoms with Crippen LogP contribution in [0.1, 0.15) is 21.9 Å². The third-order valence-electron chi connectivity index (χ3n) is 4.77. The Morgan fingerprint density at radius 2 is 1.61 bits per heavy atom. The van der Waals surface area contributed by atoms with Crippen LogP contribution in [0.15, 0.2) is 91.8 Å². The SMILES string of the molecule is O=C(c1ccc(S(=O)(=O)c2ccc(Cl)cc2)o1)N(Cc1ccco1)Cc1ccc(Cl)cc1Cl. The second-order valence-electron chi connectivity index (χ2n) is 7.05. The molecule has 10 heteroatoms. The minimum absolute atomic E-state index is 0.000590. The summed E-state index contributed by atoms with van der Waals surface area (Å²) in [6, 6.07) is 16.6. The van der Waals surface area contributed by atoms with Gasteiger partial charge in [-0.15, -0.1) is 0 Å². The fraction of sp³-hybridized carbons (Fsp3) is 0.0870. The van der Waals surface area contributed by atoms with Gasteiger partial charge in [-0.2, -0.15) is 0 Å². The van der Waals surface area contributed by atoms with Crippen LogP contribution in [-0.2, 0) is 22.9 Å². The molecule has 4 rings (SSSR count). The van der Waals surface area contributed by atoms with Gasteiger partial charge < -0.3 is 13.7 Å². The second-order valence-corrected chi connectivity index (χ2v) is 10.2. The van der Waals surface area contributed by atoms with Gasteiger partial charge in [0.2, 0.25) is 14.9 Å². The molecule has 0 saturated carbocycles. The minimum atomic E-state index is -3.96. The fourth-order valence-corrected chi connectivity index (χ4v) is 4.88. The summed E-state index contributed by atoms with van der Waals surface area (Å²) in [7, 11) is -3.96. The zero-order valence-electron chi connectivity index (χ0n) is 16.9. The van der Waals surface area contributed by atoms with Crippen molar-refractivity contribution in [1.29, 1.82) is 0 Å². The summed E-state index contributed by atoms with van der Waals surface area (Å²) in [5.74, 6) is -0.136. The van der Waals surface area contributed by atoms with Crippen LogP contribution < -0.4 is 0 Å². The molecule has 0 unspecified atom stereocenters. The summed E-state index contributed by atoms with van der Waals surface area (Å²) >= 11 is 18.1. The zero-order chi connectivity index (χ0) is 23.6. The van der Waals surface area contributed by atoms with Crippen molar-refractivity contribution in [2.75, 3.05) is 0 Å². The highest BCUT2D eigenvalue weighted by atomic mass is 35.5. The largest absolute Gasteiger partial charge is 0.467 e. The molecule has 0 N–H and O–H groups in total. The lowest BCUT2D eigenvalue weighted by atomic mass is 10.2. The Hall–Kier alpha value is -2.71. The van der Waals surface area contributed by atoms with Crippen LogP contribution >= 0.6 is 34.8 Å². The molecule has 170 valence electrons. The molecule has 33 heavy (non-hydrogen) atoms. The maximum Gasteiger partial charge on any atom is 0.290 e. The third-order valence-corrected chi connectivity index (χ3v) is 7.25. The van der Waals surface area contributed by atoms with Gasteiger partial charge in [0.15, 0.2) is 5.76 Å². The normalized spacial score (nSPS) is 11.5. The summed E-state index contributed by atoms with van der Waals surface area (Å²) < 4.78 is 36.6. The molecule has 0 bridgehead atoms.